The number of nitrogens with zero attached hydrogens (tertiary/aromatic N) is 2. The first-order valence-electron chi connectivity index (χ1n) is 7.03. The summed E-state index contributed by atoms with van der Waals surface area (Å²) >= 11 is 0. The van der Waals surface area contributed by atoms with Crippen LogP contribution in [0.5, 0.6) is 5.88 Å². The molecular weight excluding hydrogens is 226 g/mol. The van der Waals surface area contributed by atoms with Crippen molar-refractivity contribution in [3.63, 3.8) is 0 Å². The molecule has 0 spiro atoms. The van der Waals surface area contributed by atoms with Crippen molar-refractivity contribution in [3.05, 3.63) is 18.1 Å². The molecule has 1 aliphatic rings. The molecule has 1 fully saturated rings. The van der Waals surface area contributed by atoms with Crippen molar-refractivity contribution < 1.29 is 4.74 Å². The fraction of sp³-hybridized carbons (Fsp3) is 0.714. The summed E-state index contributed by atoms with van der Waals surface area (Å²) in [7, 11) is 0. The number of hydrogen-bond acceptors (Lipinski definition) is 4. The molecular formula is C14H23N3O. The predicted molar refractivity (Wildman–Crippen MR) is 71.5 cm³/mol. The van der Waals surface area contributed by atoms with Gasteiger partial charge in [-0.1, -0.05) is 26.2 Å². The molecule has 1 saturated carbocycles. The van der Waals surface area contributed by atoms with E-state index < -0.39 is 0 Å². The molecule has 4 heteroatoms. The highest BCUT2D eigenvalue weighted by Crippen LogP contribution is 2.24. The second-order valence-corrected chi connectivity index (χ2v) is 4.94. The van der Waals surface area contributed by atoms with Gasteiger partial charge in [-0.3, -0.25) is 4.98 Å². The van der Waals surface area contributed by atoms with E-state index in [0.717, 1.165) is 25.4 Å². The third-order valence-corrected chi connectivity index (χ3v) is 3.43. The van der Waals surface area contributed by atoms with Gasteiger partial charge in [0.25, 0.3) is 0 Å². The highest BCUT2D eigenvalue weighted by molar-refractivity contribution is 5.07. The Kier molecular flexibility index (Phi) is 5.39. The van der Waals surface area contributed by atoms with E-state index in [0.29, 0.717) is 11.8 Å². The third-order valence-electron chi connectivity index (χ3n) is 3.43. The minimum absolute atomic E-state index is 0.654. The Balaban J connectivity index is 1.75. The molecule has 1 aliphatic carbocycles. The van der Waals surface area contributed by atoms with Crippen LogP contribution < -0.4 is 10.1 Å². The Morgan fingerprint density at radius 3 is 2.72 bits per heavy atom. The van der Waals surface area contributed by atoms with E-state index in [4.69, 9.17) is 4.74 Å². The summed E-state index contributed by atoms with van der Waals surface area (Å²) in [6.45, 7) is 4.59. The third kappa shape index (κ3) is 4.26. The van der Waals surface area contributed by atoms with Crippen molar-refractivity contribution in [2.75, 3.05) is 13.2 Å². The lowest BCUT2D eigenvalue weighted by Gasteiger charge is -2.21. The monoisotopic (exact) mass is 249 g/mol. The van der Waals surface area contributed by atoms with Crippen LogP contribution in [0.2, 0.25) is 0 Å². The topological polar surface area (TPSA) is 47.0 Å². The van der Waals surface area contributed by atoms with Crippen molar-refractivity contribution in [2.24, 2.45) is 5.92 Å². The summed E-state index contributed by atoms with van der Waals surface area (Å²) in [5, 5.41) is 3.22. The van der Waals surface area contributed by atoms with Crippen LogP contribution in [0, 0.1) is 5.92 Å². The Morgan fingerprint density at radius 1 is 1.22 bits per heavy atom. The van der Waals surface area contributed by atoms with Gasteiger partial charge in [0.15, 0.2) is 0 Å². The van der Waals surface area contributed by atoms with E-state index in [2.05, 4.69) is 22.2 Å². The molecule has 0 atom stereocenters. The van der Waals surface area contributed by atoms with Crippen LogP contribution in [0.3, 0.4) is 0 Å². The highest BCUT2D eigenvalue weighted by atomic mass is 16.5. The Morgan fingerprint density at radius 2 is 2.06 bits per heavy atom. The van der Waals surface area contributed by atoms with Crippen LogP contribution in [0.1, 0.15) is 44.7 Å². The van der Waals surface area contributed by atoms with Crippen LogP contribution >= 0.6 is 0 Å². The van der Waals surface area contributed by atoms with Crippen LogP contribution in [0.4, 0.5) is 0 Å². The van der Waals surface area contributed by atoms with Gasteiger partial charge in [0.05, 0.1) is 24.7 Å². The largest absolute Gasteiger partial charge is 0.476 e. The summed E-state index contributed by atoms with van der Waals surface area (Å²) in [4.78, 5) is 8.62. The van der Waals surface area contributed by atoms with Gasteiger partial charge in [-0.2, -0.15) is 0 Å². The lowest BCUT2D eigenvalue weighted by Crippen LogP contribution is -2.16. The van der Waals surface area contributed by atoms with Gasteiger partial charge < -0.3 is 10.1 Å². The molecule has 0 aromatic carbocycles. The average molecular weight is 249 g/mol. The van der Waals surface area contributed by atoms with Crippen LogP contribution in [-0.4, -0.2) is 23.1 Å². The normalized spacial score (nSPS) is 16.7. The first-order valence-corrected chi connectivity index (χ1v) is 7.03. The zero-order valence-electron chi connectivity index (χ0n) is 11.2. The summed E-state index contributed by atoms with van der Waals surface area (Å²) in [6, 6.07) is 0. The van der Waals surface area contributed by atoms with E-state index in [9.17, 15) is 0 Å². The Labute approximate surface area is 109 Å². The fourth-order valence-corrected chi connectivity index (χ4v) is 2.32. The van der Waals surface area contributed by atoms with E-state index in [1.54, 1.807) is 12.4 Å². The first kappa shape index (κ1) is 13.3. The summed E-state index contributed by atoms with van der Waals surface area (Å²) in [5.41, 5.74) is 0.960. The smallest absolute Gasteiger partial charge is 0.232 e. The summed E-state index contributed by atoms with van der Waals surface area (Å²) < 4.78 is 5.71. The van der Waals surface area contributed by atoms with Gasteiger partial charge in [0, 0.05) is 6.54 Å². The molecule has 0 radical (unpaired) electrons. The number of rotatable bonds is 6. The van der Waals surface area contributed by atoms with Crippen molar-refractivity contribution in [2.45, 2.75) is 45.6 Å². The van der Waals surface area contributed by atoms with Crippen molar-refractivity contribution in [1.29, 1.82) is 0 Å². The maximum Gasteiger partial charge on any atom is 0.232 e. The second-order valence-electron chi connectivity index (χ2n) is 4.94. The molecule has 2 rings (SSSR count). The van der Waals surface area contributed by atoms with Crippen molar-refractivity contribution in [1.82, 2.24) is 15.3 Å². The molecule has 1 N–H and O–H groups in total. The SMILES string of the molecule is CCNCc1cnc(OCC2CCCCC2)cn1. The first-order chi connectivity index (χ1) is 8.88. The number of aromatic nitrogens is 2. The predicted octanol–water partition coefficient (Wildman–Crippen LogP) is 2.55. The van der Waals surface area contributed by atoms with Gasteiger partial charge in [-0.05, 0) is 25.3 Å². The second kappa shape index (κ2) is 7.31. The van der Waals surface area contributed by atoms with E-state index in [-0.39, 0.29) is 0 Å². The van der Waals surface area contributed by atoms with E-state index in [1.165, 1.54) is 32.1 Å². The number of hydrogen-bond donors (Lipinski definition) is 1. The molecule has 1 aromatic rings. The lowest BCUT2D eigenvalue weighted by atomic mass is 9.90. The average Bonchev–Trinajstić information content (AvgIpc) is 2.45. The molecule has 1 aromatic heterocycles. The summed E-state index contributed by atoms with van der Waals surface area (Å²) in [5.74, 6) is 1.36. The zero-order chi connectivity index (χ0) is 12.6. The van der Waals surface area contributed by atoms with Crippen LogP contribution in [0.15, 0.2) is 12.4 Å². The molecule has 0 amide bonds. The lowest BCUT2D eigenvalue weighted by molar-refractivity contribution is 0.202. The molecule has 0 saturated heterocycles. The van der Waals surface area contributed by atoms with Crippen LogP contribution in [0.25, 0.3) is 0 Å². The maximum atomic E-state index is 5.71. The molecule has 1 heterocycles. The number of nitrogens with one attached hydrogen (secondary N) is 1. The zero-order valence-corrected chi connectivity index (χ0v) is 11.2. The molecule has 0 unspecified atom stereocenters. The molecule has 0 aliphatic heterocycles. The standard InChI is InChI=1S/C14H23N3O/c1-2-15-8-13-9-17-14(10-16-13)18-11-12-6-4-3-5-7-12/h9-10,12,15H,2-8,11H2,1H3. The Bertz CT molecular complexity index is 333. The van der Waals surface area contributed by atoms with Gasteiger partial charge in [0.1, 0.15) is 0 Å². The van der Waals surface area contributed by atoms with Crippen molar-refractivity contribution in [3.8, 4) is 5.88 Å². The van der Waals surface area contributed by atoms with Gasteiger partial charge >= 0.3 is 0 Å². The minimum Gasteiger partial charge on any atom is -0.476 e. The summed E-state index contributed by atoms with van der Waals surface area (Å²) in [6.07, 6.45) is 10.2. The van der Waals surface area contributed by atoms with Crippen LogP contribution in [-0.2, 0) is 6.54 Å². The highest BCUT2D eigenvalue weighted by Gasteiger charge is 2.14. The quantitative estimate of drug-likeness (QED) is 0.841. The fourth-order valence-electron chi connectivity index (χ4n) is 2.32. The van der Waals surface area contributed by atoms with Gasteiger partial charge in [0.2, 0.25) is 5.88 Å². The van der Waals surface area contributed by atoms with E-state index in [1.807, 2.05) is 0 Å². The Hall–Kier alpha value is -1.16. The molecule has 4 nitrogen and oxygen atoms in total. The molecule has 100 valence electrons. The molecule has 18 heavy (non-hydrogen) atoms. The molecule has 0 bridgehead atoms. The van der Waals surface area contributed by atoms with E-state index >= 15 is 0 Å². The minimum atomic E-state index is 0.654. The maximum absolute atomic E-state index is 5.71. The number of ether oxygens (including phenoxy) is 1. The van der Waals surface area contributed by atoms with Gasteiger partial charge in [-0.25, -0.2) is 4.98 Å². The van der Waals surface area contributed by atoms with Gasteiger partial charge in [-0.15, -0.1) is 0 Å². The van der Waals surface area contributed by atoms with Crippen molar-refractivity contribution >= 4 is 0 Å².